The van der Waals surface area contributed by atoms with Crippen LogP contribution < -0.4 is 15.0 Å². The van der Waals surface area contributed by atoms with Crippen molar-refractivity contribution in [3.05, 3.63) is 94.2 Å². The first-order valence-electron chi connectivity index (χ1n) is 10.5. The highest BCUT2D eigenvalue weighted by Crippen LogP contribution is 2.36. The molecule has 1 aliphatic heterocycles. The first kappa shape index (κ1) is 21.4. The highest BCUT2D eigenvalue weighted by atomic mass is 16.5. The number of methoxy groups -OCH3 is 1. The first-order chi connectivity index (χ1) is 15.3. The molecule has 5 nitrogen and oxygen atoms in total. The number of nitrogens with zero attached hydrogens (tertiary/aromatic N) is 1. The number of carbonyl (C=O) groups is 2. The number of carbonyl (C=O) groups excluding carboxylic acids is 2. The Bertz CT molecular complexity index is 1260. The largest absolute Gasteiger partial charge is 0.497 e. The van der Waals surface area contributed by atoms with E-state index in [2.05, 4.69) is 5.32 Å². The normalized spacial score (nSPS) is 13.7. The Morgan fingerprint density at radius 1 is 0.750 bits per heavy atom. The molecule has 3 aromatic carbocycles. The van der Waals surface area contributed by atoms with Gasteiger partial charge in [-0.1, -0.05) is 36.4 Å². The Morgan fingerprint density at radius 2 is 1.38 bits per heavy atom. The van der Waals surface area contributed by atoms with E-state index in [-0.39, 0.29) is 17.5 Å². The van der Waals surface area contributed by atoms with Gasteiger partial charge >= 0.3 is 0 Å². The molecule has 1 heterocycles. The molecule has 0 spiro atoms. The Morgan fingerprint density at radius 3 is 2.03 bits per heavy atom. The van der Waals surface area contributed by atoms with Crippen molar-refractivity contribution in [1.82, 2.24) is 0 Å². The van der Waals surface area contributed by atoms with Crippen LogP contribution >= 0.6 is 0 Å². The topological polar surface area (TPSA) is 58.6 Å². The zero-order valence-corrected chi connectivity index (χ0v) is 18.9. The van der Waals surface area contributed by atoms with Crippen LogP contribution in [0.1, 0.15) is 27.8 Å². The lowest BCUT2D eigenvalue weighted by atomic mass is 10.0. The number of anilines is 2. The quantitative estimate of drug-likeness (QED) is 0.561. The van der Waals surface area contributed by atoms with Crippen molar-refractivity contribution >= 4 is 28.8 Å². The molecule has 0 aromatic heterocycles. The molecule has 1 N–H and O–H groups in total. The summed E-state index contributed by atoms with van der Waals surface area (Å²) in [5.74, 6) is -0.0290. The number of aryl methyl sites for hydroxylation is 2. The van der Waals surface area contributed by atoms with Crippen molar-refractivity contribution in [3.8, 4) is 5.75 Å². The maximum Gasteiger partial charge on any atom is 0.282 e. The van der Waals surface area contributed by atoms with Gasteiger partial charge in [-0.2, -0.15) is 0 Å². The molecule has 32 heavy (non-hydrogen) atoms. The molecule has 5 heteroatoms. The summed E-state index contributed by atoms with van der Waals surface area (Å²) >= 11 is 0. The molecule has 0 aliphatic carbocycles. The van der Waals surface area contributed by atoms with Crippen molar-refractivity contribution in [2.45, 2.75) is 27.7 Å². The number of hydrogen-bond acceptors (Lipinski definition) is 4. The van der Waals surface area contributed by atoms with Gasteiger partial charge < -0.3 is 10.1 Å². The van der Waals surface area contributed by atoms with E-state index in [4.69, 9.17) is 4.74 Å². The number of ether oxygens (including phenoxy) is 1. The Hall–Kier alpha value is -3.86. The van der Waals surface area contributed by atoms with Crippen LogP contribution in [0.4, 0.5) is 11.4 Å². The molecule has 0 fully saturated rings. The molecule has 2 amide bonds. The summed E-state index contributed by atoms with van der Waals surface area (Å²) in [6.45, 7) is 7.91. The van der Waals surface area contributed by atoms with E-state index in [0.717, 1.165) is 27.9 Å². The number of benzene rings is 3. The molecule has 0 saturated carbocycles. The van der Waals surface area contributed by atoms with E-state index in [9.17, 15) is 9.59 Å². The predicted octanol–water partition coefficient (Wildman–Crippen LogP) is 5.33. The van der Waals surface area contributed by atoms with E-state index in [1.165, 1.54) is 4.90 Å². The van der Waals surface area contributed by atoms with Gasteiger partial charge in [0.2, 0.25) is 0 Å². The molecule has 0 saturated heterocycles. The lowest BCUT2D eigenvalue weighted by Gasteiger charge is -2.19. The molecule has 162 valence electrons. The number of hydrogen-bond donors (Lipinski definition) is 1. The smallest absolute Gasteiger partial charge is 0.282 e. The average molecular weight is 427 g/mol. The number of imide groups is 1. The fourth-order valence-electron chi connectivity index (χ4n) is 3.89. The zero-order valence-electron chi connectivity index (χ0n) is 18.9. The molecule has 0 unspecified atom stereocenters. The van der Waals surface area contributed by atoms with Gasteiger partial charge in [0.25, 0.3) is 11.8 Å². The molecular formula is C27H26N2O3. The van der Waals surface area contributed by atoms with E-state index >= 15 is 0 Å². The average Bonchev–Trinajstić information content (AvgIpc) is 3.03. The monoisotopic (exact) mass is 426 g/mol. The summed E-state index contributed by atoms with van der Waals surface area (Å²) in [5, 5.41) is 3.28. The number of rotatable bonds is 5. The second-order valence-corrected chi connectivity index (χ2v) is 8.02. The third-order valence-corrected chi connectivity index (χ3v) is 6.14. The predicted molar refractivity (Wildman–Crippen MR) is 128 cm³/mol. The van der Waals surface area contributed by atoms with Crippen molar-refractivity contribution in [2.75, 3.05) is 17.3 Å². The van der Waals surface area contributed by atoms with Gasteiger partial charge in [-0.15, -0.1) is 0 Å². The Kier molecular flexibility index (Phi) is 5.57. The van der Waals surface area contributed by atoms with Crippen molar-refractivity contribution in [1.29, 1.82) is 0 Å². The summed E-state index contributed by atoms with van der Waals surface area (Å²) in [6.07, 6.45) is 0. The second-order valence-electron chi connectivity index (χ2n) is 8.02. The van der Waals surface area contributed by atoms with Crippen molar-refractivity contribution in [3.63, 3.8) is 0 Å². The van der Waals surface area contributed by atoms with Gasteiger partial charge in [-0.3, -0.25) is 9.59 Å². The summed E-state index contributed by atoms with van der Waals surface area (Å²) in [7, 11) is 1.59. The van der Waals surface area contributed by atoms with Crippen LogP contribution in [0.15, 0.2) is 66.4 Å². The van der Waals surface area contributed by atoms with Gasteiger partial charge in [0.05, 0.1) is 18.4 Å². The highest BCUT2D eigenvalue weighted by Gasteiger charge is 2.41. The van der Waals surface area contributed by atoms with Crippen LogP contribution in [0.25, 0.3) is 5.57 Å². The zero-order chi connectivity index (χ0) is 23.0. The lowest BCUT2D eigenvalue weighted by molar-refractivity contribution is -0.120. The van der Waals surface area contributed by atoms with E-state index in [1.54, 1.807) is 31.4 Å². The highest BCUT2D eigenvalue weighted by molar-refractivity contribution is 6.46. The number of nitrogens with one attached hydrogen (secondary N) is 1. The minimum Gasteiger partial charge on any atom is -0.497 e. The third-order valence-electron chi connectivity index (χ3n) is 6.14. The van der Waals surface area contributed by atoms with E-state index in [1.807, 2.05) is 64.1 Å². The van der Waals surface area contributed by atoms with Gasteiger partial charge in [-0.05, 0) is 79.8 Å². The minimum atomic E-state index is -0.365. The van der Waals surface area contributed by atoms with Crippen LogP contribution in [0.5, 0.6) is 5.75 Å². The molecule has 0 radical (unpaired) electrons. The minimum absolute atomic E-state index is 0.273. The van der Waals surface area contributed by atoms with Crippen molar-refractivity contribution < 1.29 is 14.3 Å². The van der Waals surface area contributed by atoms with Gasteiger partial charge in [0.1, 0.15) is 11.4 Å². The number of amides is 2. The van der Waals surface area contributed by atoms with Crippen LogP contribution in [-0.2, 0) is 9.59 Å². The Balaban J connectivity index is 1.87. The van der Waals surface area contributed by atoms with Crippen LogP contribution in [-0.4, -0.2) is 18.9 Å². The lowest BCUT2D eigenvalue weighted by Crippen LogP contribution is -2.33. The first-order valence-corrected chi connectivity index (χ1v) is 10.5. The van der Waals surface area contributed by atoms with Crippen LogP contribution in [0, 0.1) is 27.7 Å². The summed E-state index contributed by atoms with van der Waals surface area (Å²) in [6, 6.07) is 18.7. The standard InChI is InChI=1S/C27H26N2O3/c1-16-8-6-10-22(18(16)3)28-25-24(20-12-14-21(32-5)15-13-20)26(30)29(27(25)31)23-11-7-9-17(2)19(23)4/h6-15,28H,1-5H3. The maximum absolute atomic E-state index is 13.7. The summed E-state index contributed by atoms with van der Waals surface area (Å²) in [5.41, 5.74) is 6.73. The molecule has 0 bridgehead atoms. The fourth-order valence-corrected chi connectivity index (χ4v) is 3.89. The third kappa shape index (κ3) is 3.56. The van der Waals surface area contributed by atoms with Gasteiger partial charge in [-0.25, -0.2) is 4.90 Å². The van der Waals surface area contributed by atoms with E-state index in [0.29, 0.717) is 22.6 Å². The van der Waals surface area contributed by atoms with Gasteiger partial charge in [0.15, 0.2) is 0 Å². The van der Waals surface area contributed by atoms with Crippen LogP contribution in [0.3, 0.4) is 0 Å². The molecule has 3 aromatic rings. The fraction of sp³-hybridized carbons (Fsp3) is 0.185. The molecule has 4 rings (SSSR count). The van der Waals surface area contributed by atoms with Crippen LogP contribution in [0.2, 0.25) is 0 Å². The van der Waals surface area contributed by atoms with E-state index < -0.39 is 0 Å². The summed E-state index contributed by atoms with van der Waals surface area (Å²) in [4.78, 5) is 28.6. The molecule has 1 aliphatic rings. The molecule has 0 atom stereocenters. The van der Waals surface area contributed by atoms with Gasteiger partial charge in [0, 0.05) is 5.69 Å². The maximum atomic E-state index is 13.7. The second kappa shape index (κ2) is 8.35. The molecular weight excluding hydrogens is 400 g/mol. The van der Waals surface area contributed by atoms with Crippen molar-refractivity contribution in [2.24, 2.45) is 0 Å². The Labute approximate surface area is 188 Å². The summed E-state index contributed by atoms with van der Waals surface area (Å²) < 4.78 is 5.26. The SMILES string of the molecule is COc1ccc(C2=C(Nc3cccc(C)c3C)C(=O)N(c3cccc(C)c3C)C2=O)cc1.